The van der Waals surface area contributed by atoms with Crippen molar-refractivity contribution in [3.05, 3.63) is 71.2 Å². The zero-order chi connectivity index (χ0) is 26.5. The van der Waals surface area contributed by atoms with Crippen LogP contribution in [0.1, 0.15) is 36.0 Å². The summed E-state index contributed by atoms with van der Waals surface area (Å²) in [6.07, 6.45) is 3.84. The third-order valence-electron chi connectivity index (χ3n) is 7.91. The number of hydrogen-bond donors (Lipinski definition) is 1. The van der Waals surface area contributed by atoms with Crippen molar-refractivity contribution in [3.8, 4) is 5.75 Å². The number of halogens is 1. The van der Waals surface area contributed by atoms with Crippen LogP contribution in [0, 0.1) is 0 Å². The molecule has 2 amide bonds. The van der Waals surface area contributed by atoms with Crippen molar-refractivity contribution in [3.63, 3.8) is 0 Å². The minimum Gasteiger partial charge on any atom is -0.492 e. The van der Waals surface area contributed by atoms with E-state index >= 15 is 0 Å². The first-order valence-electron chi connectivity index (χ1n) is 13.5. The molecule has 0 unspecified atom stereocenters. The topological polar surface area (TPSA) is 70.1 Å². The Bertz CT molecular complexity index is 1290. The van der Waals surface area contributed by atoms with Crippen molar-refractivity contribution < 1.29 is 19.4 Å². The van der Waals surface area contributed by atoms with Gasteiger partial charge in [0.1, 0.15) is 24.5 Å². The minimum atomic E-state index is -0.950. The van der Waals surface area contributed by atoms with Gasteiger partial charge in [-0.25, -0.2) is 0 Å². The first kappa shape index (κ1) is 26.5. The van der Waals surface area contributed by atoms with E-state index in [0.29, 0.717) is 41.7 Å². The van der Waals surface area contributed by atoms with E-state index in [1.54, 1.807) is 23.1 Å². The number of quaternary nitrogens is 1. The first-order valence-corrected chi connectivity index (χ1v) is 13.9. The molecule has 7 nitrogen and oxygen atoms in total. The van der Waals surface area contributed by atoms with Crippen molar-refractivity contribution in [2.24, 2.45) is 0 Å². The molecule has 2 fully saturated rings. The highest BCUT2D eigenvalue weighted by atomic mass is 35.5. The van der Waals surface area contributed by atoms with Crippen LogP contribution in [0.3, 0.4) is 0 Å². The van der Waals surface area contributed by atoms with Crippen LogP contribution >= 0.6 is 11.6 Å². The molecule has 8 heteroatoms. The molecule has 0 aromatic heterocycles. The van der Waals surface area contributed by atoms with Crippen LogP contribution < -0.4 is 9.22 Å². The Labute approximate surface area is 228 Å². The summed E-state index contributed by atoms with van der Waals surface area (Å²) in [5.74, 6) is 0.499. The van der Waals surface area contributed by atoms with Crippen LogP contribution in [-0.2, 0) is 0 Å². The molecule has 0 atom stereocenters. The Morgan fingerprint density at radius 2 is 1.66 bits per heavy atom. The smallest absolute Gasteiger partial charge is 0.492 e. The van der Waals surface area contributed by atoms with E-state index in [0.717, 1.165) is 36.8 Å². The quantitative estimate of drug-likeness (QED) is 0.301. The summed E-state index contributed by atoms with van der Waals surface area (Å²) in [6.45, 7) is 5.10. The molecule has 2 heterocycles. The second-order valence-corrected chi connectivity index (χ2v) is 10.6. The molecule has 2 aliphatic rings. The molecule has 5 rings (SSSR count). The number of likely N-dealkylation sites (tertiary alicyclic amines) is 1. The highest BCUT2D eigenvalue weighted by molar-refractivity contribution is 6.32. The van der Waals surface area contributed by atoms with Crippen LogP contribution in [-0.4, -0.2) is 79.3 Å². The lowest BCUT2D eigenvalue weighted by atomic mass is 10.0. The van der Waals surface area contributed by atoms with Crippen LogP contribution in [0.4, 0.5) is 10.5 Å². The lowest BCUT2D eigenvalue weighted by Crippen LogP contribution is -2.64. The van der Waals surface area contributed by atoms with Crippen molar-refractivity contribution >= 4 is 40.1 Å². The normalized spacial score (nSPS) is 17.9. The average Bonchev–Trinajstić information content (AvgIpc) is 2.96. The standard InChI is InChI=1S/C30H34ClN3O4/c31-27-22-24(12-13-28(27)38-21-7-16-32-14-4-1-5-15-32)34(30(36)37)19-17-33(18-20-34)29(35)26-11-6-9-23-8-2-3-10-25(23)26/h2-3,6,8-13,22H,1,4-5,7,14-21H2/p+1. The molecular weight excluding hydrogens is 502 g/mol. The predicted molar refractivity (Wildman–Crippen MR) is 151 cm³/mol. The molecule has 38 heavy (non-hydrogen) atoms. The van der Waals surface area contributed by atoms with Gasteiger partial charge in [0.25, 0.3) is 5.91 Å². The Morgan fingerprint density at radius 3 is 2.39 bits per heavy atom. The number of carbonyl (C=O) groups excluding carboxylic acids is 1. The summed E-state index contributed by atoms with van der Waals surface area (Å²) in [5, 5.41) is 12.6. The Kier molecular flexibility index (Phi) is 8.17. The summed E-state index contributed by atoms with van der Waals surface area (Å²) in [7, 11) is 0. The van der Waals surface area contributed by atoms with E-state index < -0.39 is 6.09 Å². The molecule has 0 aliphatic carbocycles. The number of piperazine rings is 1. The number of rotatable bonds is 7. The average molecular weight is 537 g/mol. The molecule has 0 radical (unpaired) electrons. The van der Waals surface area contributed by atoms with Crippen molar-refractivity contribution in [1.82, 2.24) is 14.3 Å². The van der Waals surface area contributed by atoms with E-state index in [1.807, 2.05) is 42.5 Å². The molecule has 2 aliphatic heterocycles. The minimum absolute atomic E-state index is 0.0728. The molecule has 200 valence electrons. The van der Waals surface area contributed by atoms with Gasteiger partial charge in [-0.15, -0.1) is 0 Å². The van der Waals surface area contributed by atoms with Crippen molar-refractivity contribution in [2.45, 2.75) is 25.7 Å². The van der Waals surface area contributed by atoms with E-state index in [1.165, 1.54) is 19.3 Å². The fourth-order valence-corrected chi connectivity index (χ4v) is 5.91. The maximum absolute atomic E-state index is 13.4. The summed E-state index contributed by atoms with van der Waals surface area (Å²) in [6, 6.07) is 18.8. The van der Waals surface area contributed by atoms with Gasteiger partial charge < -0.3 is 19.6 Å². The van der Waals surface area contributed by atoms with Gasteiger partial charge in [-0.05, 0) is 55.3 Å². The van der Waals surface area contributed by atoms with Gasteiger partial charge >= 0.3 is 6.09 Å². The second kappa shape index (κ2) is 11.7. The maximum atomic E-state index is 13.4. The van der Waals surface area contributed by atoms with E-state index in [2.05, 4.69) is 4.90 Å². The SMILES string of the molecule is O=C(c1cccc2ccccc12)N1CC[N+](C(=O)O)(c2ccc(OCCCN3CCCCC3)c(Cl)c2)CC1. The van der Waals surface area contributed by atoms with Gasteiger partial charge in [0.2, 0.25) is 0 Å². The summed E-state index contributed by atoms with van der Waals surface area (Å²) < 4.78 is 5.66. The number of amides is 2. The van der Waals surface area contributed by atoms with Crippen LogP contribution in [0.25, 0.3) is 10.8 Å². The van der Waals surface area contributed by atoms with Gasteiger partial charge in [0.15, 0.2) is 0 Å². The van der Waals surface area contributed by atoms with E-state index in [9.17, 15) is 14.7 Å². The van der Waals surface area contributed by atoms with Crippen molar-refractivity contribution in [2.75, 3.05) is 52.4 Å². The largest absolute Gasteiger partial charge is 0.518 e. The summed E-state index contributed by atoms with van der Waals surface area (Å²) >= 11 is 6.55. The number of piperidine rings is 1. The number of benzene rings is 3. The van der Waals surface area contributed by atoms with Gasteiger partial charge in [0, 0.05) is 24.2 Å². The molecule has 2 saturated heterocycles. The van der Waals surface area contributed by atoms with Gasteiger partial charge in [-0.3, -0.25) is 4.79 Å². The van der Waals surface area contributed by atoms with Crippen LogP contribution in [0.15, 0.2) is 60.7 Å². The number of carbonyl (C=O) groups is 2. The molecular formula is C30H35ClN3O4+. The number of nitrogens with zero attached hydrogens (tertiary/aromatic N) is 3. The molecule has 0 bridgehead atoms. The molecule has 3 aromatic carbocycles. The van der Waals surface area contributed by atoms with Gasteiger partial charge in [-0.2, -0.15) is 9.28 Å². The predicted octanol–water partition coefficient (Wildman–Crippen LogP) is 5.89. The number of hydrogen-bond acceptors (Lipinski definition) is 4. The lowest BCUT2D eigenvalue weighted by molar-refractivity contribution is 0.0633. The maximum Gasteiger partial charge on any atom is 0.518 e. The summed E-state index contributed by atoms with van der Waals surface area (Å²) in [4.78, 5) is 30.2. The Morgan fingerprint density at radius 1 is 0.921 bits per heavy atom. The first-order chi connectivity index (χ1) is 18.5. The Balaban J connectivity index is 1.23. The summed E-state index contributed by atoms with van der Waals surface area (Å²) in [5.41, 5.74) is 1.24. The van der Waals surface area contributed by atoms with Crippen molar-refractivity contribution in [1.29, 1.82) is 0 Å². The fraction of sp³-hybridized carbons (Fsp3) is 0.400. The number of fused-ring (bicyclic) bond motifs is 1. The fourth-order valence-electron chi connectivity index (χ4n) is 5.68. The van der Waals surface area contributed by atoms with Crippen LogP contribution in [0.2, 0.25) is 5.02 Å². The lowest BCUT2D eigenvalue weighted by Gasteiger charge is -2.40. The zero-order valence-corrected chi connectivity index (χ0v) is 22.4. The zero-order valence-electron chi connectivity index (χ0n) is 21.7. The number of ether oxygens (including phenoxy) is 1. The van der Waals surface area contributed by atoms with Crippen LogP contribution in [0.5, 0.6) is 5.75 Å². The molecule has 3 aromatic rings. The monoisotopic (exact) mass is 536 g/mol. The van der Waals surface area contributed by atoms with Gasteiger partial charge in [-0.1, -0.05) is 54.4 Å². The number of carboxylic acid groups (broad SMARTS) is 1. The highest BCUT2D eigenvalue weighted by Crippen LogP contribution is 2.34. The molecule has 0 spiro atoms. The van der Waals surface area contributed by atoms with Gasteiger partial charge in [0.05, 0.1) is 24.7 Å². The Hall–Kier alpha value is -3.13. The molecule has 0 saturated carbocycles. The molecule has 1 N–H and O–H groups in total. The third kappa shape index (κ3) is 5.51. The second-order valence-electron chi connectivity index (χ2n) is 10.2. The van der Waals surface area contributed by atoms with E-state index in [4.69, 9.17) is 16.3 Å². The van der Waals surface area contributed by atoms with E-state index in [-0.39, 0.29) is 23.5 Å². The highest BCUT2D eigenvalue weighted by Gasteiger charge is 2.44. The third-order valence-corrected chi connectivity index (χ3v) is 8.21.